The van der Waals surface area contributed by atoms with Crippen LogP contribution >= 0.6 is 11.8 Å². The fraction of sp³-hybridized carbons (Fsp3) is 0.609. The molecule has 1 aromatic rings. The lowest BCUT2D eigenvalue weighted by Crippen LogP contribution is -2.53. The maximum atomic E-state index is 12.6. The zero-order valence-corrected chi connectivity index (χ0v) is 19.2. The Morgan fingerprint density at radius 2 is 1.94 bits per heavy atom. The topological polar surface area (TPSA) is 77.0 Å². The Balaban J connectivity index is 1.32. The van der Waals surface area contributed by atoms with Crippen LogP contribution in [0.15, 0.2) is 29.3 Å². The molecule has 1 aliphatic carbocycles. The smallest absolute Gasteiger partial charge is 0.254 e. The maximum Gasteiger partial charge on any atom is 0.254 e. The monoisotopic (exact) mass is 443 g/mol. The number of nitrogens with one attached hydrogen (secondary N) is 2. The molecular weight excluding hydrogens is 410 g/mol. The Bertz CT molecular complexity index is 814. The number of benzene rings is 1. The lowest BCUT2D eigenvalue weighted by Gasteiger charge is -2.45. The van der Waals surface area contributed by atoms with E-state index in [-0.39, 0.29) is 18.4 Å². The summed E-state index contributed by atoms with van der Waals surface area (Å²) in [6.45, 7) is 3.98. The Hall–Kier alpha value is -2.22. The molecular formula is C23H33N5O2S. The molecule has 0 atom stereocenters. The second-order valence-corrected chi connectivity index (χ2v) is 10.3. The molecule has 7 nitrogen and oxygen atoms in total. The minimum Gasteiger partial charge on any atom is -0.353 e. The van der Waals surface area contributed by atoms with Crippen molar-refractivity contribution in [2.24, 2.45) is 4.99 Å². The van der Waals surface area contributed by atoms with E-state index in [2.05, 4.69) is 32.3 Å². The molecule has 168 valence electrons. The number of hydrogen-bond donors (Lipinski definition) is 2. The largest absolute Gasteiger partial charge is 0.353 e. The highest BCUT2D eigenvalue weighted by Crippen LogP contribution is 2.42. The first-order valence-electron chi connectivity index (χ1n) is 11.3. The summed E-state index contributed by atoms with van der Waals surface area (Å²) in [6, 6.07) is 7.66. The van der Waals surface area contributed by atoms with E-state index < -0.39 is 0 Å². The molecule has 4 rings (SSSR count). The quantitative estimate of drug-likeness (QED) is 0.553. The summed E-state index contributed by atoms with van der Waals surface area (Å²) in [5, 5.41) is 6.26. The first kappa shape index (κ1) is 22.0. The molecule has 3 fully saturated rings. The molecule has 2 aliphatic heterocycles. The van der Waals surface area contributed by atoms with Crippen molar-refractivity contribution in [3.8, 4) is 0 Å². The number of thioether (sulfide) groups is 1. The summed E-state index contributed by atoms with van der Waals surface area (Å²) in [4.78, 5) is 32.7. The number of nitrogens with zero attached hydrogens (tertiary/aromatic N) is 3. The fourth-order valence-electron chi connectivity index (χ4n) is 4.80. The van der Waals surface area contributed by atoms with E-state index in [1.165, 1.54) is 32.1 Å². The number of aliphatic imine (C=N–C) groups is 1. The molecule has 31 heavy (non-hydrogen) atoms. The van der Waals surface area contributed by atoms with Crippen molar-refractivity contribution in [3.05, 3.63) is 35.4 Å². The molecule has 2 saturated heterocycles. The Kier molecular flexibility index (Phi) is 7.05. The summed E-state index contributed by atoms with van der Waals surface area (Å²) in [7, 11) is 1.86. The number of amides is 2. The molecule has 0 aromatic heterocycles. The molecule has 1 spiro atoms. The number of carbonyl (C=O) groups is 2. The zero-order valence-electron chi connectivity index (χ0n) is 18.4. The third kappa shape index (κ3) is 5.34. The summed E-state index contributed by atoms with van der Waals surface area (Å²) in [6.07, 6.45) is 6.71. The van der Waals surface area contributed by atoms with Gasteiger partial charge in [0.1, 0.15) is 0 Å². The van der Waals surface area contributed by atoms with Gasteiger partial charge in [-0.2, -0.15) is 11.8 Å². The predicted octanol–water partition coefficient (Wildman–Crippen LogP) is 2.09. The summed E-state index contributed by atoms with van der Waals surface area (Å²) < 4.78 is 0.404. The minimum atomic E-state index is -0.0991. The van der Waals surface area contributed by atoms with Crippen LogP contribution in [0.1, 0.15) is 48.0 Å². The molecule has 1 aromatic carbocycles. The predicted molar refractivity (Wildman–Crippen MR) is 125 cm³/mol. The van der Waals surface area contributed by atoms with Crippen LogP contribution in [0.4, 0.5) is 0 Å². The third-order valence-electron chi connectivity index (χ3n) is 6.50. The van der Waals surface area contributed by atoms with Crippen molar-refractivity contribution in [1.82, 2.24) is 20.4 Å². The van der Waals surface area contributed by atoms with Crippen LogP contribution in [0, 0.1) is 0 Å². The molecule has 0 unspecified atom stereocenters. The van der Waals surface area contributed by atoms with Gasteiger partial charge in [-0.25, -0.2) is 0 Å². The van der Waals surface area contributed by atoms with Gasteiger partial charge in [0.2, 0.25) is 5.91 Å². The summed E-state index contributed by atoms with van der Waals surface area (Å²) >= 11 is 2.16. The molecule has 2 heterocycles. The van der Waals surface area contributed by atoms with Gasteiger partial charge in [0.25, 0.3) is 5.91 Å². The van der Waals surface area contributed by atoms with Crippen LogP contribution in [-0.2, 0) is 11.3 Å². The van der Waals surface area contributed by atoms with Crippen LogP contribution in [0.25, 0.3) is 0 Å². The van der Waals surface area contributed by atoms with Crippen molar-refractivity contribution in [2.45, 2.75) is 43.4 Å². The van der Waals surface area contributed by atoms with Gasteiger partial charge in [-0.3, -0.25) is 14.6 Å². The highest BCUT2D eigenvalue weighted by atomic mass is 32.2. The second kappa shape index (κ2) is 9.94. The number of piperazine rings is 1. The van der Waals surface area contributed by atoms with Crippen LogP contribution in [0.5, 0.6) is 0 Å². The van der Waals surface area contributed by atoms with Crippen LogP contribution in [-0.4, -0.2) is 77.8 Å². The number of guanidine groups is 1. The van der Waals surface area contributed by atoms with Crippen molar-refractivity contribution in [3.63, 3.8) is 0 Å². The van der Waals surface area contributed by atoms with E-state index in [0.29, 0.717) is 29.9 Å². The van der Waals surface area contributed by atoms with Crippen LogP contribution < -0.4 is 10.6 Å². The lowest BCUT2D eigenvalue weighted by atomic mass is 9.87. The standard InChI is InChI=1S/C23H33N5O2S/c1-24-22(28-13-14-31-23(17-28)9-3-2-4-10-23)26-15-18-5-7-19(8-6-18)21(30)27-12-11-25-20(29)16-27/h5-8H,2-4,9-17H2,1H3,(H,24,26)(H,25,29). The van der Waals surface area contributed by atoms with E-state index in [9.17, 15) is 9.59 Å². The van der Waals surface area contributed by atoms with E-state index in [4.69, 9.17) is 0 Å². The average molecular weight is 444 g/mol. The van der Waals surface area contributed by atoms with E-state index in [1.54, 1.807) is 4.90 Å². The van der Waals surface area contributed by atoms with Gasteiger partial charge in [0, 0.05) is 55.8 Å². The van der Waals surface area contributed by atoms with E-state index in [1.807, 2.05) is 31.3 Å². The summed E-state index contributed by atoms with van der Waals surface area (Å²) in [5.74, 6) is 1.93. The van der Waals surface area contributed by atoms with Gasteiger partial charge < -0.3 is 20.4 Å². The summed E-state index contributed by atoms with van der Waals surface area (Å²) in [5.41, 5.74) is 1.72. The number of hydrogen-bond acceptors (Lipinski definition) is 4. The van der Waals surface area contributed by atoms with Gasteiger partial charge in [0.15, 0.2) is 5.96 Å². The van der Waals surface area contributed by atoms with Crippen molar-refractivity contribution in [2.75, 3.05) is 45.5 Å². The second-order valence-electron chi connectivity index (χ2n) is 8.69. The fourth-order valence-corrected chi connectivity index (χ4v) is 6.37. The van der Waals surface area contributed by atoms with Gasteiger partial charge >= 0.3 is 0 Å². The van der Waals surface area contributed by atoms with Gasteiger partial charge in [-0.1, -0.05) is 31.4 Å². The van der Waals surface area contributed by atoms with Crippen molar-refractivity contribution < 1.29 is 9.59 Å². The van der Waals surface area contributed by atoms with Crippen LogP contribution in [0.2, 0.25) is 0 Å². The highest BCUT2D eigenvalue weighted by molar-refractivity contribution is 8.00. The SMILES string of the molecule is CN=C(NCc1ccc(C(=O)N2CCNC(=O)C2)cc1)N1CCSC2(CCCCC2)C1. The first-order valence-corrected chi connectivity index (χ1v) is 12.3. The lowest BCUT2D eigenvalue weighted by molar-refractivity contribution is -0.123. The highest BCUT2D eigenvalue weighted by Gasteiger charge is 2.38. The molecule has 2 N–H and O–H groups in total. The van der Waals surface area contributed by atoms with E-state index in [0.717, 1.165) is 30.4 Å². The number of rotatable bonds is 3. The Morgan fingerprint density at radius 1 is 1.16 bits per heavy atom. The molecule has 0 radical (unpaired) electrons. The molecule has 3 aliphatic rings. The van der Waals surface area contributed by atoms with E-state index >= 15 is 0 Å². The van der Waals surface area contributed by atoms with Gasteiger partial charge in [-0.15, -0.1) is 0 Å². The van der Waals surface area contributed by atoms with Crippen molar-refractivity contribution in [1.29, 1.82) is 0 Å². The minimum absolute atomic E-state index is 0.0891. The molecule has 8 heteroatoms. The molecule has 2 amide bonds. The molecule has 0 bridgehead atoms. The zero-order chi connectivity index (χ0) is 21.7. The Labute approximate surface area is 189 Å². The molecule has 1 saturated carbocycles. The van der Waals surface area contributed by atoms with Crippen LogP contribution in [0.3, 0.4) is 0 Å². The normalized spacial score (nSPS) is 21.7. The van der Waals surface area contributed by atoms with Crippen molar-refractivity contribution >= 4 is 29.5 Å². The maximum absolute atomic E-state index is 12.6. The average Bonchev–Trinajstić information content (AvgIpc) is 2.80. The Morgan fingerprint density at radius 3 is 2.65 bits per heavy atom. The first-order chi connectivity index (χ1) is 15.1. The van der Waals surface area contributed by atoms with Gasteiger partial charge in [0.05, 0.1) is 6.54 Å². The van der Waals surface area contributed by atoms with Gasteiger partial charge in [-0.05, 0) is 30.5 Å². The number of carbonyl (C=O) groups excluding carboxylic acids is 2. The third-order valence-corrected chi connectivity index (χ3v) is 8.04.